The van der Waals surface area contributed by atoms with Gasteiger partial charge in [-0.25, -0.2) is 0 Å². The molecule has 2 N–H and O–H groups in total. The summed E-state index contributed by atoms with van der Waals surface area (Å²) in [5, 5.41) is 12.3. The van der Waals surface area contributed by atoms with Crippen LogP contribution >= 0.6 is 11.6 Å². The van der Waals surface area contributed by atoms with E-state index in [2.05, 4.69) is 5.32 Å². The number of rotatable bonds is 6. The Labute approximate surface area is 141 Å². The molecule has 1 aliphatic heterocycles. The maximum Gasteiger partial charge on any atom is 0.303 e. The second kappa shape index (κ2) is 7.79. The minimum Gasteiger partial charge on any atom is -0.481 e. The third kappa shape index (κ3) is 4.45. The monoisotopic (exact) mass is 339 g/mol. The Balaban J connectivity index is 2.14. The first kappa shape index (κ1) is 17.8. The lowest BCUT2D eigenvalue weighted by molar-refractivity contribution is -0.138. The minimum atomic E-state index is -0.859. The normalized spacial score (nSPS) is 18.2. The van der Waals surface area contributed by atoms with Crippen LogP contribution in [0.2, 0.25) is 5.02 Å². The first-order valence-electron chi connectivity index (χ1n) is 7.78. The van der Waals surface area contributed by atoms with Gasteiger partial charge in [0.2, 0.25) is 5.91 Å². The maximum atomic E-state index is 12.9. The Kier molecular flexibility index (Phi) is 6.02. The SMILES string of the molecule is CC(CNC(=O)C1(c2cccc(Cl)c2)CCOCC1)CC(=O)O. The molecule has 1 aromatic carbocycles. The van der Waals surface area contributed by atoms with Gasteiger partial charge in [-0.05, 0) is 36.5 Å². The second-order valence-corrected chi connectivity index (χ2v) is 6.55. The topological polar surface area (TPSA) is 75.6 Å². The second-order valence-electron chi connectivity index (χ2n) is 6.12. The Hall–Kier alpha value is -1.59. The highest BCUT2D eigenvalue weighted by atomic mass is 35.5. The maximum absolute atomic E-state index is 12.9. The van der Waals surface area contributed by atoms with Crippen molar-refractivity contribution in [2.75, 3.05) is 19.8 Å². The van der Waals surface area contributed by atoms with Crippen LogP contribution in [0.25, 0.3) is 0 Å². The molecule has 1 saturated heterocycles. The number of carbonyl (C=O) groups is 2. The summed E-state index contributed by atoms with van der Waals surface area (Å²) >= 11 is 6.09. The van der Waals surface area contributed by atoms with Gasteiger partial charge in [0, 0.05) is 31.2 Å². The summed E-state index contributed by atoms with van der Waals surface area (Å²) in [5.74, 6) is -1.06. The highest BCUT2D eigenvalue weighted by Crippen LogP contribution is 2.36. The molecule has 1 atom stereocenters. The number of hydrogen-bond acceptors (Lipinski definition) is 3. The van der Waals surface area contributed by atoms with Crippen LogP contribution in [0.4, 0.5) is 0 Å². The molecule has 126 valence electrons. The fourth-order valence-corrected chi connectivity index (χ4v) is 3.15. The summed E-state index contributed by atoms with van der Waals surface area (Å²) in [7, 11) is 0. The van der Waals surface area contributed by atoms with Crippen molar-refractivity contribution in [3.05, 3.63) is 34.9 Å². The Bertz CT molecular complexity index is 569. The quantitative estimate of drug-likeness (QED) is 0.835. The zero-order valence-corrected chi connectivity index (χ0v) is 13.9. The highest BCUT2D eigenvalue weighted by molar-refractivity contribution is 6.30. The van der Waals surface area contributed by atoms with Gasteiger partial charge in [0.05, 0.1) is 5.41 Å². The van der Waals surface area contributed by atoms with Crippen molar-refractivity contribution in [1.82, 2.24) is 5.32 Å². The molecular formula is C17H22ClNO4. The zero-order chi connectivity index (χ0) is 16.9. The molecule has 2 rings (SSSR count). The van der Waals surface area contributed by atoms with Crippen molar-refractivity contribution in [2.45, 2.75) is 31.6 Å². The average Bonchev–Trinajstić information content (AvgIpc) is 2.52. The van der Waals surface area contributed by atoms with Gasteiger partial charge in [0.25, 0.3) is 0 Å². The van der Waals surface area contributed by atoms with Crippen molar-refractivity contribution < 1.29 is 19.4 Å². The van der Waals surface area contributed by atoms with Gasteiger partial charge in [0.1, 0.15) is 0 Å². The summed E-state index contributed by atoms with van der Waals surface area (Å²) in [4.78, 5) is 23.6. The summed E-state index contributed by atoms with van der Waals surface area (Å²) in [5.41, 5.74) is 0.225. The van der Waals surface area contributed by atoms with Crippen LogP contribution in [0.3, 0.4) is 0 Å². The smallest absolute Gasteiger partial charge is 0.303 e. The molecule has 1 heterocycles. The molecule has 0 radical (unpaired) electrons. The number of benzene rings is 1. The molecule has 1 fully saturated rings. The van der Waals surface area contributed by atoms with E-state index < -0.39 is 11.4 Å². The Morgan fingerprint density at radius 2 is 2.09 bits per heavy atom. The van der Waals surface area contributed by atoms with E-state index in [1.54, 1.807) is 6.07 Å². The lowest BCUT2D eigenvalue weighted by Gasteiger charge is -2.36. The summed E-state index contributed by atoms with van der Waals surface area (Å²) in [6.07, 6.45) is 1.21. The number of carboxylic acid groups (broad SMARTS) is 1. The standard InChI is InChI=1S/C17H22ClNO4/c1-12(9-15(20)21)11-19-16(22)17(5-7-23-8-6-17)13-3-2-4-14(18)10-13/h2-4,10,12H,5-9,11H2,1H3,(H,19,22)(H,20,21). The van der Waals surface area contributed by atoms with Crippen LogP contribution in [0.5, 0.6) is 0 Å². The molecule has 1 amide bonds. The summed E-state index contributed by atoms with van der Waals surface area (Å²) in [6, 6.07) is 7.37. The average molecular weight is 340 g/mol. The number of aliphatic carboxylic acids is 1. The predicted molar refractivity (Wildman–Crippen MR) is 87.6 cm³/mol. The molecule has 0 bridgehead atoms. The molecule has 1 aromatic rings. The molecule has 1 aliphatic rings. The van der Waals surface area contributed by atoms with E-state index in [0.29, 0.717) is 37.6 Å². The molecule has 0 spiro atoms. The molecule has 5 nitrogen and oxygen atoms in total. The molecule has 0 aromatic heterocycles. The first-order chi connectivity index (χ1) is 10.9. The zero-order valence-electron chi connectivity index (χ0n) is 13.2. The Morgan fingerprint density at radius 1 is 1.39 bits per heavy atom. The first-order valence-corrected chi connectivity index (χ1v) is 8.16. The number of carboxylic acids is 1. The van der Waals surface area contributed by atoms with E-state index in [0.717, 1.165) is 5.56 Å². The van der Waals surface area contributed by atoms with Gasteiger partial charge in [-0.2, -0.15) is 0 Å². The van der Waals surface area contributed by atoms with Gasteiger partial charge < -0.3 is 15.2 Å². The minimum absolute atomic E-state index is 0.0353. The van der Waals surface area contributed by atoms with Gasteiger partial charge >= 0.3 is 5.97 Å². The molecular weight excluding hydrogens is 318 g/mol. The Morgan fingerprint density at radius 3 is 2.70 bits per heavy atom. The molecule has 23 heavy (non-hydrogen) atoms. The number of carbonyl (C=O) groups excluding carboxylic acids is 1. The van der Waals surface area contributed by atoms with Crippen LogP contribution in [0, 0.1) is 5.92 Å². The molecule has 1 unspecified atom stereocenters. The van der Waals surface area contributed by atoms with E-state index in [4.69, 9.17) is 21.4 Å². The number of nitrogens with one attached hydrogen (secondary N) is 1. The summed E-state index contributed by atoms with van der Waals surface area (Å²) < 4.78 is 5.41. The predicted octanol–water partition coefficient (Wildman–Crippen LogP) is 2.62. The van der Waals surface area contributed by atoms with E-state index in [1.807, 2.05) is 25.1 Å². The number of hydrogen-bond donors (Lipinski definition) is 2. The van der Waals surface area contributed by atoms with Crippen molar-refractivity contribution in [1.29, 1.82) is 0 Å². The summed E-state index contributed by atoms with van der Waals surface area (Å²) in [6.45, 7) is 3.19. The van der Waals surface area contributed by atoms with Crippen LogP contribution in [0.15, 0.2) is 24.3 Å². The lowest BCUT2D eigenvalue weighted by atomic mass is 9.73. The van der Waals surface area contributed by atoms with Crippen molar-refractivity contribution >= 4 is 23.5 Å². The van der Waals surface area contributed by atoms with E-state index in [-0.39, 0.29) is 18.2 Å². The van der Waals surface area contributed by atoms with Gasteiger partial charge in [-0.1, -0.05) is 30.7 Å². The highest BCUT2D eigenvalue weighted by Gasteiger charge is 2.41. The lowest BCUT2D eigenvalue weighted by Crippen LogP contribution is -2.49. The van der Waals surface area contributed by atoms with Gasteiger partial charge in [-0.15, -0.1) is 0 Å². The van der Waals surface area contributed by atoms with Crippen LogP contribution in [-0.4, -0.2) is 36.7 Å². The number of amides is 1. The largest absolute Gasteiger partial charge is 0.481 e. The van der Waals surface area contributed by atoms with Gasteiger partial charge in [-0.3, -0.25) is 9.59 Å². The van der Waals surface area contributed by atoms with E-state index in [1.165, 1.54) is 0 Å². The third-order valence-corrected chi connectivity index (χ3v) is 4.53. The van der Waals surface area contributed by atoms with Crippen molar-refractivity contribution in [3.8, 4) is 0 Å². The van der Waals surface area contributed by atoms with E-state index >= 15 is 0 Å². The molecule has 0 aliphatic carbocycles. The van der Waals surface area contributed by atoms with E-state index in [9.17, 15) is 9.59 Å². The third-order valence-electron chi connectivity index (χ3n) is 4.29. The van der Waals surface area contributed by atoms with Crippen molar-refractivity contribution in [3.63, 3.8) is 0 Å². The van der Waals surface area contributed by atoms with Gasteiger partial charge in [0.15, 0.2) is 0 Å². The van der Waals surface area contributed by atoms with Crippen molar-refractivity contribution in [2.24, 2.45) is 5.92 Å². The molecule has 6 heteroatoms. The number of ether oxygens (including phenoxy) is 1. The van der Waals surface area contributed by atoms with Crippen LogP contribution in [-0.2, 0) is 19.7 Å². The number of halogens is 1. The fraction of sp³-hybridized carbons (Fsp3) is 0.529. The fourth-order valence-electron chi connectivity index (χ4n) is 2.96. The molecule has 0 saturated carbocycles. The van der Waals surface area contributed by atoms with Crippen LogP contribution in [0.1, 0.15) is 31.7 Å². The van der Waals surface area contributed by atoms with Crippen LogP contribution < -0.4 is 5.32 Å².